The van der Waals surface area contributed by atoms with E-state index in [1.165, 1.54) is 4.80 Å². The zero-order valence-corrected chi connectivity index (χ0v) is 11.7. The molecule has 2 nitrogen and oxygen atoms in total. The van der Waals surface area contributed by atoms with Gasteiger partial charge in [-0.05, 0) is 0 Å². The standard InChI is InChI=1S/C10H7N2.Am.H2P/c1-3-7-11-9(5-1)10-6-2-4-8-12-10;;/h1,3-8H;;1H2/q;+1;-1. The Morgan fingerprint density at radius 1 is 1.00 bits per heavy atom. The molecule has 0 aromatic carbocycles. The van der Waals surface area contributed by atoms with Gasteiger partial charge in [-0.15, -0.1) is 0 Å². The van der Waals surface area contributed by atoms with Gasteiger partial charge in [0.15, 0.2) is 0 Å². The van der Waals surface area contributed by atoms with Crippen molar-refractivity contribution in [3.05, 3.63) is 42.7 Å². The molecule has 2 heterocycles. The van der Waals surface area contributed by atoms with Gasteiger partial charge in [-0.1, -0.05) is 0 Å². The summed E-state index contributed by atoms with van der Waals surface area (Å²) in [6.07, 6.45) is 3.66. The monoisotopic (exact) mass is 429 g/mol. The van der Waals surface area contributed by atoms with Crippen molar-refractivity contribution in [2.45, 2.75) is 0 Å². The third-order valence-electron chi connectivity index (χ3n) is 1.78. The average molecular weight is 431 g/mol. The van der Waals surface area contributed by atoms with Crippen molar-refractivity contribution in [1.82, 2.24) is 9.97 Å². The molecule has 0 fully saturated rings. The van der Waals surface area contributed by atoms with Gasteiger partial charge in [-0.2, -0.15) is 0 Å². The van der Waals surface area contributed by atoms with Crippen LogP contribution >= 0.6 is 8.33 Å². The second-order valence-corrected chi connectivity index (χ2v) is 7.44. The van der Waals surface area contributed by atoms with Crippen molar-refractivity contribution in [2.24, 2.45) is 0 Å². The molecule has 1 unspecified atom stereocenters. The first-order valence-electron chi connectivity index (χ1n) is 4.11. The molecule has 0 aliphatic heterocycles. The van der Waals surface area contributed by atoms with Crippen LogP contribution in [0.5, 0.6) is 0 Å². The van der Waals surface area contributed by atoms with E-state index in [4.69, 9.17) is 0 Å². The molecule has 14 heavy (non-hydrogen) atoms. The van der Waals surface area contributed by atoms with Crippen molar-refractivity contribution in [2.75, 3.05) is 0 Å². The molecule has 0 radical (unpaired) electrons. The average Bonchev–Trinajstić information content (AvgIpc) is 2.30. The first kappa shape index (κ1) is 9.67. The van der Waals surface area contributed by atoms with Crippen LogP contribution < -0.4 is 4.80 Å². The van der Waals surface area contributed by atoms with Gasteiger partial charge in [-0.3, -0.25) is 0 Å². The Labute approximate surface area is 89.6 Å². The summed E-state index contributed by atoms with van der Waals surface area (Å²) >= 11 is -0.510. The van der Waals surface area contributed by atoms with Crippen molar-refractivity contribution in [3.8, 4) is 11.4 Å². The van der Waals surface area contributed by atoms with Crippen LogP contribution in [-0.4, -0.2) is 9.97 Å². The van der Waals surface area contributed by atoms with Gasteiger partial charge in [0.1, 0.15) is 0 Å². The van der Waals surface area contributed by atoms with Crippen LogP contribution in [0.2, 0.25) is 0 Å². The van der Waals surface area contributed by atoms with Gasteiger partial charge in [0.05, 0.1) is 0 Å². The van der Waals surface area contributed by atoms with E-state index in [-0.39, 0.29) is 0 Å². The van der Waals surface area contributed by atoms with E-state index >= 15 is 0 Å². The van der Waals surface area contributed by atoms with Crippen molar-refractivity contribution >= 4 is 13.1 Å². The van der Waals surface area contributed by atoms with E-state index in [2.05, 4.69) is 30.4 Å². The van der Waals surface area contributed by atoms with Gasteiger partial charge >= 0.3 is 89.3 Å². The normalized spacial score (nSPS) is 9.50. The second-order valence-electron chi connectivity index (χ2n) is 2.68. The number of hydrogen-bond donors (Lipinski definition) is 0. The molecule has 0 saturated carbocycles. The molecule has 0 N–H and O–H groups in total. The fraction of sp³-hybridized carbons (Fsp3) is 0. The fourth-order valence-corrected chi connectivity index (χ4v) is 3.62. The van der Waals surface area contributed by atoms with Crippen LogP contribution in [0.3, 0.4) is 0 Å². The molecule has 2 aromatic rings. The van der Waals surface area contributed by atoms with Crippen LogP contribution in [0.15, 0.2) is 42.7 Å². The van der Waals surface area contributed by atoms with Crippen LogP contribution in [0.4, 0.5) is 0 Å². The molecule has 2 aromatic heterocycles. The molecule has 0 aliphatic rings. The predicted octanol–water partition coefficient (Wildman–Crippen LogP) is 1.64. The third-order valence-corrected chi connectivity index (χ3v) is 6.15. The molecule has 0 aliphatic carbocycles. The van der Waals surface area contributed by atoms with Crippen LogP contribution in [0, 0.1) is 12.1 Å². The molecule has 0 amide bonds. The van der Waals surface area contributed by atoms with Gasteiger partial charge in [-0.25, -0.2) is 0 Å². The molecule has 0 spiro atoms. The maximum atomic E-state index is 4.31. The Hall–Kier alpha value is -0.880. The van der Waals surface area contributed by atoms with Gasteiger partial charge in [0.2, 0.25) is 0 Å². The SMILES string of the molecule is [PH2][Am][c]1ccnc(-c2ccccn2)c1. The van der Waals surface area contributed by atoms with E-state index in [0.717, 1.165) is 11.4 Å². The van der Waals surface area contributed by atoms with Crippen molar-refractivity contribution in [3.63, 3.8) is 0 Å². The van der Waals surface area contributed by atoms with Crippen LogP contribution in [0.25, 0.3) is 11.4 Å². The summed E-state index contributed by atoms with van der Waals surface area (Å²) < 4.78 is 0. The molecule has 0 saturated heterocycles. The zero-order valence-electron chi connectivity index (χ0n) is 7.39. The molecular formula is C10H9AmN2P. The molecule has 2 rings (SSSR count). The topological polar surface area (TPSA) is 25.8 Å². The zero-order chi connectivity index (χ0) is 9.80. The van der Waals surface area contributed by atoms with Gasteiger partial charge in [0.25, 0.3) is 0 Å². The van der Waals surface area contributed by atoms with E-state index in [1.54, 1.807) is 6.20 Å². The van der Waals surface area contributed by atoms with E-state index in [9.17, 15) is 0 Å². The Morgan fingerprint density at radius 2 is 1.86 bits per heavy atom. The molecule has 71 valence electrons. The maximum absolute atomic E-state index is 4.31. The second kappa shape index (κ2) is 4.56. The van der Waals surface area contributed by atoms with Crippen molar-refractivity contribution in [1.29, 1.82) is 0 Å². The quantitative estimate of drug-likeness (QED) is 0.677. The Balaban J connectivity index is 2.42. The Morgan fingerprint density at radius 3 is 2.57 bits per heavy atom. The summed E-state index contributed by atoms with van der Waals surface area (Å²) in [6.45, 7) is 0. The minimum atomic E-state index is -0.510. The third kappa shape index (κ3) is 2.13. The molecule has 1 atom stereocenters. The molecule has 4 heteroatoms. The van der Waals surface area contributed by atoms with Crippen molar-refractivity contribution < 1.29 is 12.1 Å². The summed E-state index contributed by atoms with van der Waals surface area (Å²) in [6, 6.07) is 10.1. The Bertz CT molecular complexity index is 419. The molecular weight excluding hydrogens is 422 g/mol. The fourth-order valence-electron chi connectivity index (χ4n) is 1.13. The molecule has 0 bridgehead atoms. The van der Waals surface area contributed by atoms with E-state index in [1.807, 2.05) is 24.4 Å². The summed E-state index contributed by atoms with van der Waals surface area (Å²) in [5.41, 5.74) is 1.93. The van der Waals surface area contributed by atoms with Crippen LogP contribution in [-0.2, 0) is 0 Å². The first-order chi connectivity index (χ1) is 6.90. The predicted molar refractivity (Wildman–Crippen MR) is 56.8 cm³/mol. The summed E-state index contributed by atoms with van der Waals surface area (Å²) in [5, 5.41) is 0. The Kier molecular flexibility index (Phi) is 3.15. The van der Waals surface area contributed by atoms with E-state index in [0.29, 0.717) is 0 Å². The number of nitrogens with zero attached hydrogens (tertiary/aromatic N) is 2. The number of aromatic nitrogens is 2. The van der Waals surface area contributed by atoms with Gasteiger partial charge < -0.3 is 0 Å². The minimum absolute atomic E-state index is 0.510. The summed E-state index contributed by atoms with van der Waals surface area (Å²) in [4.78, 5) is 10.0. The number of hydrogen-bond acceptors (Lipinski definition) is 2. The number of rotatable bonds is 2. The van der Waals surface area contributed by atoms with E-state index < -0.39 is 12.1 Å². The summed E-state index contributed by atoms with van der Waals surface area (Å²) in [5.74, 6) is 0. The van der Waals surface area contributed by atoms with Gasteiger partial charge in [0, 0.05) is 0 Å². The number of pyridine rings is 2. The summed E-state index contributed by atoms with van der Waals surface area (Å²) in [7, 11) is 2.88. The van der Waals surface area contributed by atoms with Crippen LogP contribution in [0.1, 0.15) is 0 Å². The first-order valence-corrected chi connectivity index (χ1v) is 11.6.